The normalized spacial score (nSPS) is 10.3. The number of nitrogens with one attached hydrogen (secondary N) is 1. The highest BCUT2D eigenvalue weighted by Crippen LogP contribution is 2.19. The second kappa shape index (κ2) is 4.46. The molecule has 0 atom stereocenters. The van der Waals surface area contributed by atoms with E-state index in [2.05, 4.69) is 25.0 Å². The van der Waals surface area contributed by atoms with Crippen LogP contribution in [0.15, 0.2) is 23.0 Å². The number of aromatic nitrogens is 3. The first-order valence-corrected chi connectivity index (χ1v) is 4.82. The molecule has 1 N–H and O–H groups in total. The maximum atomic E-state index is 5.85. The van der Waals surface area contributed by atoms with Crippen LogP contribution in [-0.2, 0) is 6.54 Å². The Kier molecular flexibility index (Phi) is 3.03. The van der Waals surface area contributed by atoms with E-state index in [-0.39, 0.29) is 5.28 Å². The lowest BCUT2D eigenvalue weighted by molar-refractivity contribution is 0.412. The Morgan fingerprint density at radius 3 is 3.00 bits per heavy atom. The molecule has 0 bridgehead atoms. The van der Waals surface area contributed by atoms with E-state index in [1.54, 1.807) is 6.07 Å². The fraction of sp³-hybridized carbons (Fsp3) is 0.125. The second-order valence-corrected chi connectivity index (χ2v) is 3.43. The Morgan fingerprint density at radius 2 is 2.27 bits per heavy atom. The molecule has 0 saturated carbocycles. The summed E-state index contributed by atoms with van der Waals surface area (Å²) in [5.41, 5.74) is 0.751. The lowest BCUT2D eigenvalue weighted by Gasteiger charge is -2.04. The van der Waals surface area contributed by atoms with Crippen LogP contribution < -0.4 is 5.32 Å². The molecular weight excluding hydrogens is 239 g/mol. The van der Waals surface area contributed by atoms with Crippen molar-refractivity contribution in [1.29, 1.82) is 0 Å². The molecule has 15 heavy (non-hydrogen) atoms. The molecule has 0 aromatic carbocycles. The minimum Gasteiger partial charge on any atom is -0.364 e. The van der Waals surface area contributed by atoms with Crippen LogP contribution in [0.1, 0.15) is 5.69 Å². The Labute approximate surface area is 95.4 Å². The molecule has 0 aliphatic carbocycles. The van der Waals surface area contributed by atoms with Crippen molar-refractivity contribution in [1.82, 2.24) is 15.1 Å². The van der Waals surface area contributed by atoms with Gasteiger partial charge in [-0.25, -0.2) is 4.98 Å². The lowest BCUT2D eigenvalue weighted by atomic mass is 10.4. The van der Waals surface area contributed by atoms with Gasteiger partial charge in [-0.2, -0.15) is 4.98 Å². The molecule has 0 aliphatic rings. The number of rotatable bonds is 3. The van der Waals surface area contributed by atoms with Gasteiger partial charge in [-0.3, -0.25) is 0 Å². The lowest BCUT2D eigenvalue weighted by Crippen LogP contribution is -2.02. The standard InChI is InChI=1S/C8H6Cl2N4O/c9-6-4-12-8(10)13-7(6)11-3-5-1-2-15-14-5/h1-2,4H,3H2,(H,11,12,13). The highest BCUT2D eigenvalue weighted by molar-refractivity contribution is 6.33. The summed E-state index contributed by atoms with van der Waals surface area (Å²) in [6.45, 7) is 0.462. The highest BCUT2D eigenvalue weighted by Gasteiger charge is 2.04. The second-order valence-electron chi connectivity index (χ2n) is 2.68. The van der Waals surface area contributed by atoms with Crippen LogP contribution in [0, 0.1) is 0 Å². The molecule has 5 nitrogen and oxygen atoms in total. The van der Waals surface area contributed by atoms with Crippen LogP contribution in [0.5, 0.6) is 0 Å². The van der Waals surface area contributed by atoms with Crippen molar-refractivity contribution in [2.24, 2.45) is 0 Å². The first kappa shape index (κ1) is 10.2. The van der Waals surface area contributed by atoms with E-state index in [0.717, 1.165) is 5.69 Å². The molecule has 0 radical (unpaired) electrons. The van der Waals surface area contributed by atoms with Crippen molar-refractivity contribution in [2.75, 3.05) is 5.32 Å². The zero-order chi connectivity index (χ0) is 10.7. The van der Waals surface area contributed by atoms with Crippen molar-refractivity contribution in [3.8, 4) is 0 Å². The predicted molar refractivity (Wildman–Crippen MR) is 55.9 cm³/mol. The van der Waals surface area contributed by atoms with Gasteiger partial charge in [0.25, 0.3) is 0 Å². The van der Waals surface area contributed by atoms with Gasteiger partial charge in [0.15, 0.2) is 0 Å². The predicted octanol–water partition coefficient (Wildman–Crippen LogP) is 2.38. The van der Waals surface area contributed by atoms with E-state index in [1.807, 2.05) is 0 Å². The molecule has 2 rings (SSSR count). The summed E-state index contributed by atoms with van der Waals surface area (Å²) in [5.74, 6) is 0.472. The van der Waals surface area contributed by atoms with Crippen LogP contribution in [0.4, 0.5) is 5.82 Å². The summed E-state index contributed by atoms with van der Waals surface area (Å²) >= 11 is 11.5. The molecule has 78 valence electrons. The summed E-state index contributed by atoms with van der Waals surface area (Å²) in [5, 5.41) is 7.24. The van der Waals surface area contributed by atoms with Gasteiger partial charge >= 0.3 is 0 Å². The molecule has 0 aliphatic heterocycles. The van der Waals surface area contributed by atoms with Crippen LogP contribution in [0.2, 0.25) is 10.3 Å². The molecule has 2 aromatic heterocycles. The number of hydrogen-bond acceptors (Lipinski definition) is 5. The summed E-state index contributed by atoms with van der Waals surface area (Å²) in [6.07, 6.45) is 2.92. The Bertz CT molecular complexity index is 446. The Morgan fingerprint density at radius 1 is 1.40 bits per heavy atom. The van der Waals surface area contributed by atoms with Crippen molar-refractivity contribution >= 4 is 29.0 Å². The van der Waals surface area contributed by atoms with Gasteiger partial charge in [-0.05, 0) is 11.6 Å². The zero-order valence-corrected chi connectivity index (χ0v) is 8.96. The van der Waals surface area contributed by atoms with E-state index >= 15 is 0 Å². The molecule has 2 heterocycles. The SMILES string of the molecule is Clc1ncc(Cl)c(NCc2ccon2)n1. The van der Waals surface area contributed by atoms with Gasteiger partial charge in [-0.15, -0.1) is 0 Å². The summed E-state index contributed by atoms with van der Waals surface area (Å²) in [7, 11) is 0. The van der Waals surface area contributed by atoms with Gasteiger partial charge in [0.05, 0.1) is 12.7 Å². The molecule has 0 unspecified atom stereocenters. The van der Waals surface area contributed by atoms with Crippen molar-refractivity contribution < 1.29 is 4.52 Å². The molecule has 0 spiro atoms. The van der Waals surface area contributed by atoms with Crippen molar-refractivity contribution in [3.63, 3.8) is 0 Å². The fourth-order valence-electron chi connectivity index (χ4n) is 0.973. The van der Waals surface area contributed by atoms with Crippen LogP contribution in [-0.4, -0.2) is 15.1 Å². The van der Waals surface area contributed by atoms with Gasteiger partial charge in [0.2, 0.25) is 5.28 Å². The zero-order valence-electron chi connectivity index (χ0n) is 7.44. The van der Waals surface area contributed by atoms with Crippen molar-refractivity contribution in [2.45, 2.75) is 6.54 Å². The van der Waals surface area contributed by atoms with Gasteiger partial charge in [0.1, 0.15) is 22.8 Å². The van der Waals surface area contributed by atoms with Crippen LogP contribution in [0.3, 0.4) is 0 Å². The van der Waals surface area contributed by atoms with Crippen LogP contribution >= 0.6 is 23.2 Å². The summed E-state index contributed by atoms with van der Waals surface area (Å²) < 4.78 is 4.68. The molecule has 0 fully saturated rings. The first-order valence-electron chi connectivity index (χ1n) is 4.07. The topological polar surface area (TPSA) is 63.8 Å². The summed E-state index contributed by atoms with van der Waals surface area (Å²) in [4.78, 5) is 7.66. The third kappa shape index (κ3) is 2.57. The monoisotopic (exact) mass is 244 g/mol. The third-order valence-corrected chi connectivity index (χ3v) is 2.10. The average Bonchev–Trinajstić information content (AvgIpc) is 2.72. The smallest absolute Gasteiger partial charge is 0.224 e. The largest absolute Gasteiger partial charge is 0.364 e. The van der Waals surface area contributed by atoms with Crippen molar-refractivity contribution in [3.05, 3.63) is 34.5 Å². The average molecular weight is 245 g/mol. The van der Waals surface area contributed by atoms with E-state index in [0.29, 0.717) is 17.4 Å². The molecule has 2 aromatic rings. The number of nitrogens with zero attached hydrogens (tertiary/aromatic N) is 3. The Balaban J connectivity index is 2.07. The first-order chi connectivity index (χ1) is 7.25. The van der Waals surface area contributed by atoms with Gasteiger partial charge in [-0.1, -0.05) is 16.8 Å². The molecule has 7 heteroatoms. The van der Waals surface area contributed by atoms with E-state index in [1.165, 1.54) is 12.5 Å². The minimum atomic E-state index is 0.141. The minimum absolute atomic E-state index is 0.141. The molecular formula is C8H6Cl2N4O. The van der Waals surface area contributed by atoms with E-state index < -0.39 is 0 Å². The maximum absolute atomic E-state index is 5.85. The third-order valence-electron chi connectivity index (χ3n) is 1.64. The van der Waals surface area contributed by atoms with E-state index in [9.17, 15) is 0 Å². The van der Waals surface area contributed by atoms with Crippen LogP contribution in [0.25, 0.3) is 0 Å². The quantitative estimate of drug-likeness (QED) is 0.841. The Hall–Kier alpha value is -1.33. The number of hydrogen-bond donors (Lipinski definition) is 1. The maximum Gasteiger partial charge on any atom is 0.224 e. The van der Waals surface area contributed by atoms with E-state index in [4.69, 9.17) is 23.2 Å². The van der Waals surface area contributed by atoms with Gasteiger partial charge in [0, 0.05) is 6.07 Å². The number of anilines is 1. The molecule has 0 amide bonds. The summed E-state index contributed by atoms with van der Waals surface area (Å²) in [6, 6.07) is 1.74. The number of halogens is 2. The highest BCUT2D eigenvalue weighted by atomic mass is 35.5. The molecule has 0 saturated heterocycles. The fourth-order valence-corrected chi connectivity index (χ4v) is 1.26. The van der Waals surface area contributed by atoms with Gasteiger partial charge < -0.3 is 9.84 Å².